The lowest BCUT2D eigenvalue weighted by atomic mass is 10.0. The average Bonchev–Trinajstić information content (AvgIpc) is 3.14. The first-order chi connectivity index (χ1) is 14.6. The maximum absolute atomic E-state index is 13.5. The topological polar surface area (TPSA) is 101 Å². The van der Waals surface area contributed by atoms with E-state index in [1.54, 1.807) is 18.2 Å². The average molecular weight is 426 g/mol. The van der Waals surface area contributed by atoms with E-state index in [9.17, 15) is 13.6 Å². The molecule has 0 aliphatic carbocycles. The molecule has 1 aliphatic rings. The molecule has 9 heteroatoms. The number of aliphatic imine (C=N–C) groups is 1. The lowest BCUT2D eigenvalue weighted by Gasteiger charge is -2.24. The van der Waals surface area contributed by atoms with Gasteiger partial charge in [0.05, 0.1) is 11.6 Å². The van der Waals surface area contributed by atoms with Crippen LogP contribution in [-0.2, 0) is 0 Å². The number of carbonyl (C=O) groups excluding carboxylic acids is 1. The van der Waals surface area contributed by atoms with Gasteiger partial charge in [0.2, 0.25) is 0 Å². The standard InChI is InChI=1S/C22H24F2N6O/c1-22(2,3)28-21(27-20(31)14-6-4-5-13(7-14)12-25)26-19-11-18(29-30-19)15-8-16(23)10-17(24)9-15/h4-10,18-19,29-30H,11H2,1-3H3,(H2,26,27,28,31). The summed E-state index contributed by atoms with van der Waals surface area (Å²) in [6.07, 6.45) is -0.0372. The van der Waals surface area contributed by atoms with Crippen LogP contribution in [0.25, 0.3) is 0 Å². The van der Waals surface area contributed by atoms with E-state index < -0.39 is 29.2 Å². The maximum atomic E-state index is 13.5. The van der Waals surface area contributed by atoms with Gasteiger partial charge in [0, 0.05) is 29.6 Å². The molecule has 4 N–H and O–H groups in total. The predicted molar refractivity (Wildman–Crippen MR) is 113 cm³/mol. The maximum Gasteiger partial charge on any atom is 0.257 e. The van der Waals surface area contributed by atoms with Crippen molar-refractivity contribution in [3.05, 3.63) is 70.8 Å². The number of hydrazine groups is 1. The Labute approximate surface area is 179 Å². The monoisotopic (exact) mass is 426 g/mol. The van der Waals surface area contributed by atoms with Crippen molar-refractivity contribution in [2.24, 2.45) is 4.99 Å². The molecule has 2 aromatic rings. The van der Waals surface area contributed by atoms with Gasteiger partial charge in [0.1, 0.15) is 17.8 Å². The second-order valence-corrected chi connectivity index (χ2v) is 8.29. The van der Waals surface area contributed by atoms with Gasteiger partial charge in [-0.05, 0) is 56.7 Å². The van der Waals surface area contributed by atoms with Gasteiger partial charge in [0.25, 0.3) is 5.91 Å². The van der Waals surface area contributed by atoms with Crippen LogP contribution in [-0.4, -0.2) is 23.6 Å². The molecule has 162 valence electrons. The number of nitriles is 1. The highest BCUT2D eigenvalue weighted by molar-refractivity contribution is 6.06. The largest absolute Gasteiger partial charge is 0.351 e. The molecule has 0 saturated carbocycles. The van der Waals surface area contributed by atoms with Gasteiger partial charge < -0.3 is 5.32 Å². The molecule has 1 fully saturated rings. The number of hydrogen-bond acceptors (Lipinski definition) is 5. The summed E-state index contributed by atoms with van der Waals surface area (Å²) in [6.45, 7) is 5.76. The van der Waals surface area contributed by atoms with Gasteiger partial charge >= 0.3 is 0 Å². The molecule has 0 spiro atoms. The SMILES string of the molecule is CC(C)(C)NC(=NC1CC(c2cc(F)cc(F)c2)NN1)NC(=O)c1cccc(C#N)c1. The van der Waals surface area contributed by atoms with Gasteiger partial charge in [-0.3, -0.25) is 10.1 Å². The van der Waals surface area contributed by atoms with Crippen molar-refractivity contribution in [2.75, 3.05) is 0 Å². The minimum Gasteiger partial charge on any atom is -0.351 e. The third kappa shape index (κ3) is 6.31. The van der Waals surface area contributed by atoms with Crippen LogP contribution in [0.2, 0.25) is 0 Å². The zero-order valence-electron chi connectivity index (χ0n) is 17.5. The van der Waals surface area contributed by atoms with E-state index in [0.717, 1.165) is 6.07 Å². The molecule has 0 radical (unpaired) electrons. The van der Waals surface area contributed by atoms with Crippen molar-refractivity contribution in [3.8, 4) is 6.07 Å². The lowest BCUT2D eigenvalue weighted by Crippen LogP contribution is -2.50. The number of nitrogens with one attached hydrogen (secondary N) is 4. The number of amides is 1. The van der Waals surface area contributed by atoms with E-state index in [4.69, 9.17) is 5.26 Å². The van der Waals surface area contributed by atoms with E-state index in [1.807, 2.05) is 26.8 Å². The molecular formula is C22H24F2N6O. The van der Waals surface area contributed by atoms with Gasteiger partial charge in [-0.1, -0.05) is 6.07 Å². The Bertz CT molecular complexity index is 1020. The minimum absolute atomic E-state index is 0.241. The van der Waals surface area contributed by atoms with Crippen LogP contribution >= 0.6 is 0 Å². The fourth-order valence-electron chi connectivity index (χ4n) is 3.14. The van der Waals surface area contributed by atoms with Crippen molar-refractivity contribution in [1.29, 1.82) is 5.26 Å². The second kappa shape index (κ2) is 9.20. The zero-order valence-corrected chi connectivity index (χ0v) is 17.5. The molecule has 1 heterocycles. The second-order valence-electron chi connectivity index (χ2n) is 8.29. The number of nitrogens with zero attached hydrogens (tertiary/aromatic N) is 2. The summed E-state index contributed by atoms with van der Waals surface area (Å²) in [5.74, 6) is -1.47. The predicted octanol–water partition coefficient (Wildman–Crippen LogP) is 2.88. The van der Waals surface area contributed by atoms with Crippen molar-refractivity contribution in [2.45, 2.75) is 44.9 Å². The van der Waals surface area contributed by atoms with Crippen LogP contribution in [0.4, 0.5) is 8.78 Å². The van der Waals surface area contributed by atoms with Crippen LogP contribution in [0, 0.1) is 23.0 Å². The van der Waals surface area contributed by atoms with Gasteiger partial charge in [-0.2, -0.15) is 5.26 Å². The molecule has 3 rings (SSSR count). The molecule has 2 unspecified atom stereocenters. The van der Waals surface area contributed by atoms with Crippen LogP contribution in [0.5, 0.6) is 0 Å². The summed E-state index contributed by atoms with van der Waals surface area (Å²) < 4.78 is 27.1. The highest BCUT2D eigenvalue weighted by Gasteiger charge is 2.27. The van der Waals surface area contributed by atoms with Gasteiger partial charge in [0.15, 0.2) is 5.96 Å². The van der Waals surface area contributed by atoms with E-state index in [0.29, 0.717) is 23.1 Å². The molecule has 0 aromatic heterocycles. The minimum atomic E-state index is -0.647. The lowest BCUT2D eigenvalue weighted by molar-refractivity contribution is 0.0975. The van der Waals surface area contributed by atoms with Gasteiger partial charge in [-0.25, -0.2) is 24.6 Å². The summed E-state index contributed by atoms with van der Waals surface area (Å²) in [6, 6.07) is 11.4. The molecule has 1 amide bonds. The summed E-state index contributed by atoms with van der Waals surface area (Å²) in [4.78, 5) is 17.2. The van der Waals surface area contributed by atoms with E-state index in [1.165, 1.54) is 18.2 Å². The van der Waals surface area contributed by atoms with Crippen molar-refractivity contribution in [1.82, 2.24) is 21.5 Å². The summed E-state index contributed by atoms with van der Waals surface area (Å²) in [7, 11) is 0. The third-order valence-electron chi connectivity index (χ3n) is 4.43. The number of benzene rings is 2. The Hall–Kier alpha value is -3.35. The molecule has 0 bridgehead atoms. The first-order valence-electron chi connectivity index (χ1n) is 9.77. The molecule has 1 aliphatic heterocycles. The van der Waals surface area contributed by atoms with Crippen LogP contribution in [0.3, 0.4) is 0 Å². The number of halogens is 2. The van der Waals surface area contributed by atoms with Gasteiger partial charge in [-0.15, -0.1) is 0 Å². The molecular weight excluding hydrogens is 402 g/mol. The van der Waals surface area contributed by atoms with Crippen LogP contribution < -0.4 is 21.5 Å². The Morgan fingerprint density at radius 3 is 2.52 bits per heavy atom. The molecule has 31 heavy (non-hydrogen) atoms. The highest BCUT2D eigenvalue weighted by Crippen LogP contribution is 2.24. The Morgan fingerprint density at radius 2 is 1.87 bits per heavy atom. The summed E-state index contributed by atoms with van der Waals surface area (Å²) >= 11 is 0. The van der Waals surface area contributed by atoms with Crippen LogP contribution in [0.1, 0.15) is 54.7 Å². The Morgan fingerprint density at radius 1 is 1.16 bits per heavy atom. The normalized spacial score (nSPS) is 19.0. The van der Waals surface area contributed by atoms with Crippen molar-refractivity contribution < 1.29 is 13.6 Å². The number of rotatable bonds is 3. The molecule has 2 aromatic carbocycles. The Balaban J connectivity index is 1.77. The smallest absolute Gasteiger partial charge is 0.257 e. The van der Waals surface area contributed by atoms with Crippen molar-refractivity contribution in [3.63, 3.8) is 0 Å². The fraction of sp³-hybridized carbons (Fsp3) is 0.318. The first-order valence-corrected chi connectivity index (χ1v) is 9.77. The quantitative estimate of drug-likeness (QED) is 0.447. The molecule has 2 atom stereocenters. The number of guanidine groups is 1. The third-order valence-corrected chi connectivity index (χ3v) is 4.43. The van der Waals surface area contributed by atoms with Crippen LogP contribution in [0.15, 0.2) is 47.5 Å². The van der Waals surface area contributed by atoms with E-state index >= 15 is 0 Å². The molecule has 1 saturated heterocycles. The fourth-order valence-corrected chi connectivity index (χ4v) is 3.14. The zero-order chi connectivity index (χ0) is 22.6. The van der Waals surface area contributed by atoms with Crippen molar-refractivity contribution >= 4 is 11.9 Å². The number of carbonyl (C=O) groups is 1. The van der Waals surface area contributed by atoms with E-state index in [2.05, 4.69) is 26.5 Å². The first kappa shape index (κ1) is 22.3. The number of hydrogen-bond donors (Lipinski definition) is 4. The van der Waals surface area contributed by atoms with E-state index in [-0.39, 0.29) is 12.0 Å². The summed E-state index contributed by atoms with van der Waals surface area (Å²) in [5, 5.41) is 14.9. The summed E-state index contributed by atoms with van der Waals surface area (Å²) in [5.41, 5.74) is 6.73. The Kier molecular flexibility index (Phi) is 6.63. The highest BCUT2D eigenvalue weighted by atomic mass is 19.1. The molecule has 7 nitrogen and oxygen atoms in total.